The lowest BCUT2D eigenvalue weighted by Gasteiger charge is -2.17. The zero-order valence-corrected chi connectivity index (χ0v) is 14.5. The Morgan fingerprint density at radius 2 is 1.88 bits per heavy atom. The molecule has 1 heterocycles. The fraction of sp³-hybridized carbons (Fsp3) is 0.556. The number of benzene rings is 1. The first-order chi connectivity index (χ1) is 11.6. The van der Waals surface area contributed by atoms with Crippen molar-refractivity contribution in [1.29, 1.82) is 0 Å². The number of methoxy groups -OCH3 is 1. The van der Waals surface area contributed by atoms with Gasteiger partial charge in [0.1, 0.15) is 5.75 Å². The molecule has 1 atom stereocenters. The highest BCUT2D eigenvalue weighted by atomic mass is 16.5. The highest BCUT2D eigenvalue weighted by molar-refractivity contribution is 5.84. The topological polar surface area (TPSA) is 70.7 Å². The molecule has 1 aliphatic heterocycles. The van der Waals surface area contributed by atoms with Crippen LogP contribution >= 0.6 is 0 Å². The number of carbonyl (C=O) groups is 2. The van der Waals surface area contributed by atoms with Gasteiger partial charge in [-0.15, -0.1) is 0 Å². The van der Waals surface area contributed by atoms with Crippen molar-refractivity contribution in [2.45, 2.75) is 38.6 Å². The van der Waals surface area contributed by atoms with Crippen molar-refractivity contribution in [3.63, 3.8) is 0 Å². The molecule has 0 aliphatic carbocycles. The molecule has 132 valence electrons. The van der Waals surface area contributed by atoms with Gasteiger partial charge < -0.3 is 20.3 Å². The maximum absolute atomic E-state index is 11.9. The average Bonchev–Trinajstić information content (AvgIpc) is 3.13. The number of hydrogen-bond donors (Lipinski definition) is 2. The summed E-state index contributed by atoms with van der Waals surface area (Å²) in [7, 11) is 1.65. The maximum atomic E-state index is 11.9. The molecule has 6 heteroatoms. The molecular weight excluding hydrogens is 306 g/mol. The summed E-state index contributed by atoms with van der Waals surface area (Å²) in [5, 5.41) is 5.52. The first-order valence-corrected chi connectivity index (χ1v) is 8.53. The minimum absolute atomic E-state index is 0.00599. The van der Waals surface area contributed by atoms with Gasteiger partial charge in [0.15, 0.2) is 0 Å². The summed E-state index contributed by atoms with van der Waals surface area (Å²) in [6.45, 7) is 3.64. The largest absolute Gasteiger partial charge is 0.497 e. The van der Waals surface area contributed by atoms with Crippen LogP contribution in [-0.2, 0) is 11.2 Å². The molecule has 2 N–H and O–H groups in total. The molecule has 1 aromatic rings. The Bertz CT molecular complexity index is 539. The van der Waals surface area contributed by atoms with E-state index in [1.807, 2.05) is 31.2 Å². The molecule has 1 fully saturated rings. The highest BCUT2D eigenvalue weighted by Gasteiger charge is 2.18. The summed E-state index contributed by atoms with van der Waals surface area (Å²) in [6.07, 6.45) is 3.82. The van der Waals surface area contributed by atoms with Crippen LogP contribution in [0.1, 0.15) is 31.7 Å². The van der Waals surface area contributed by atoms with Crippen LogP contribution in [-0.4, -0.2) is 49.6 Å². The van der Waals surface area contributed by atoms with Gasteiger partial charge in [-0.3, -0.25) is 4.79 Å². The molecule has 24 heavy (non-hydrogen) atoms. The first-order valence-electron chi connectivity index (χ1n) is 8.53. The Morgan fingerprint density at radius 3 is 2.50 bits per heavy atom. The third kappa shape index (κ3) is 5.76. The molecule has 1 unspecified atom stereocenters. The first kappa shape index (κ1) is 18.1. The highest BCUT2D eigenvalue weighted by Crippen LogP contribution is 2.13. The molecular formula is C18H27N3O3. The van der Waals surface area contributed by atoms with Crippen molar-refractivity contribution in [1.82, 2.24) is 15.5 Å². The summed E-state index contributed by atoms with van der Waals surface area (Å²) in [5.41, 5.74) is 1.20. The number of carbonyl (C=O) groups excluding carboxylic acids is 2. The number of likely N-dealkylation sites (tertiary alicyclic amines) is 1. The number of rotatable bonds is 7. The van der Waals surface area contributed by atoms with E-state index in [1.165, 1.54) is 5.56 Å². The number of amides is 3. The molecule has 1 aromatic carbocycles. The Hall–Kier alpha value is -2.24. The van der Waals surface area contributed by atoms with Crippen LogP contribution < -0.4 is 15.4 Å². The van der Waals surface area contributed by atoms with E-state index >= 15 is 0 Å². The number of nitrogens with one attached hydrogen (secondary N) is 2. The zero-order valence-electron chi connectivity index (χ0n) is 14.5. The molecule has 1 aliphatic rings. The minimum Gasteiger partial charge on any atom is -0.497 e. The van der Waals surface area contributed by atoms with Gasteiger partial charge >= 0.3 is 6.03 Å². The predicted molar refractivity (Wildman–Crippen MR) is 93.1 cm³/mol. The summed E-state index contributed by atoms with van der Waals surface area (Å²) in [4.78, 5) is 25.5. The van der Waals surface area contributed by atoms with Crippen molar-refractivity contribution in [2.24, 2.45) is 0 Å². The van der Waals surface area contributed by atoms with E-state index in [4.69, 9.17) is 4.74 Å². The van der Waals surface area contributed by atoms with Crippen LogP contribution in [0.4, 0.5) is 4.79 Å². The lowest BCUT2D eigenvalue weighted by molar-refractivity contribution is -0.129. The van der Waals surface area contributed by atoms with Gasteiger partial charge in [-0.1, -0.05) is 12.1 Å². The Balaban J connectivity index is 1.64. The predicted octanol–water partition coefficient (Wildman–Crippen LogP) is 1.94. The second kappa shape index (κ2) is 9.15. The van der Waals surface area contributed by atoms with Gasteiger partial charge in [-0.25, -0.2) is 4.79 Å². The van der Waals surface area contributed by atoms with E-state index < -0.39 is 0 Å². The summed E-state index contributed by atoms with van der Waals surface area (Å²) < 4.78 is 5.13. The van der Waals surface area contributed by atoms with E-state index in [9.17, 15) is 9.59 Å². The maximum Gasteiger partial charge on any atom is 0.315 e. The van der Waals surface area contributed by atoms with E-state index in [2.05, 4.69) is 10.6 Å². The normalized spacial score (nSPS) is 15.0. The van der Waals surface area contributed by atoms with Crippen LogP contribution in [0.2, 0.25) is 0 Å². The smallest absolute Gasteiger partial charge is 0.315 e. The summed E-state index contributed by atoms with van der Waals surface area (Å²) >= 11 is 0. The fourth-order valence-electron chi connectivity index (χ4n) is 2.76. The molecule has 0 radical (unpaired) electrons. The van der Waals surface area contributed by atoms with Crippen LogP contribution in [0.25, 0.3) is 0 Å². The Morgan fingerprint density at radius 1 is 1.21 bits per heavy atom. The molecule has 6 nitrogen and oxygen atoms in total. The van der Waals surface area contributed by atoms with Crippen LogP contribution in [0, 0.1) is 0 Å². The molecule has 0 spiro atoms. The summed E-state index contributed by atoms with van der Waals surface area (Å²) in [5.74, 6) is 0.834. The molecule has 0 saturated carbocycles. The van der Waals surface area contributed by atoms with Crippen molar-refractivity contribution < 1.29 is 14.3 Å². The van der Waals surface area contributed by atoms with Crippen molar-refractivity contribution in [3.8, 4) is 5.75 Å². The standard InChI is InChI=1S/C18H27N3O3/c1-14(5-6-15-7-9-16(24-2)10-8-15)20-18(23)19-13-17(22)21-11-3-4-12-21/h7-10,14H,3-6,11-13H2,1-2H3,(H2,19,20,23). The lowest BCUT2D eigenvalue weighted by atomic mass is 10.1. The van der Waals surface area contributed by atoms with Gasteiger partial charge in [0.05, 0.1) is 13.7 Å². The molecule has 0 aromatic heterocycles. The van der Waals surface area contributed by atoms with E-state index in [0.29, 0.717) is 0 Å². The Labute approximate surface area is 143 Å². The van der Waals surface area contributed by atoms with E-state index in [1.54, 1.807) is 12.0 Å². The van der Waals surface area contributed by atoms with Crippen molar-refractivity contribution >= 4 is 11.9 Å². The van der Waals surface area contributed by atoms with Gasteiger partial charge in [-0.05, 0) is 50.3 Å². The fourth-order valence-corrected chi connectivity index (χ4v) is 2.76. The number of urea groups is 1. The molecule has 0 bridgehead atoms. The van der Waals surface area contributed by atoms with Gasteiger partial charge in [0.25, 0.3) is 0 Å². The second-order valence-electron chi connectivity index (χ2n) is 6.20. The summed E-state index contributed by atoms with van der Waals surface area (Å²) in [6, 6.07) is 7.67. The SMILES string of the molecule is COc1ccc(CCC(C)NC(=O)NCC(=O)N2CCCC2)cc1. The van der Waals surface area contributed by atoms with Gasteiger partial charge in [-0.2, -0.15) is 0 Å². The molecule has 1 saturated heterocycles. The van der Waals surface area contributed by atoms with Crippen molar-refractivity contribution in [3.05, 3.63) is 29.8 Å². The third-order valence-corrected chi connectivity index (χ3v) is 4.26. The monoisotopic (exact) mass is 333 g/mol. The number of ether oxygens (including phenoxy) is 1. The Kier molecular flexibility index (Phi) is 6.90. The van der Waals surface area contributed by atoms with E-state index in [-0.39, 0.29) is 24.5 Å². The molecule has 3 amide bonds. The van der Waals surface area contributed by atoms with Gasteiger partial charge in [0.2, 0.25) is 5.91 Å². The van der Waals surface area contributed by atoms with Crippen LogP contribution in [0.5, 0.6) is 5.75 Å². The number of hydrogen-bond acceptors (Lipinski definition) is 3. The number of nitrogens with zero attached hydrogens (tertiary/aromatic N) is 1. The van der Waals surface area contributed by atoms with Crippen molar-refractivity contribution in [2.75, 3.05) is 26.7 Å². The van der Waals surface area contributed by atoms with Crippen LogP contribution in [0.15, 0.2) is 24.3 Å². The second-order valence-corrected chi connectivity index (χ2v) is 6.20. The minimum atomic E-state index is -0.287. The van der Waals surface area contributed by atoms with Crippen LogP contribution in [0.3, 0.4) is 0 Å². The lowest BCUT2D eigenvalue weighted by Crippen LogP contribution is -2.45. The third-order valence-electron chi connectivity index (χ3n) is 4.26. The molecule has 2 rings (SSSR count). The average molecular weight is 333 g/mol. The zero-order chi connectivity index (χ0) is 17.4. The van der Waals surface area contributed by atoms with E-state index in [0.717, 1.165) is 44.5 Å². The number of aryl methyl sites for hydroxylation is 1. The van der Waals surface area contributed by atoms with Gasteiger partial charge in [0, 0.05) is 19.1 Å². The quantitative estimate of drug-likeness (QED) is 0.801.